The maximum Gasteiger partial charge on any atom is 0.0794 e. The van der Waals surface area contributed by atoms with Crippen LogP contribution in [0.15, 0.2) is 41.4 Å². The number of hydrogen-bond acceptors (Lipinski definition) is 5. The van der Waals surface area contributed by atoms with E-state index in [9.17, 15) is 0 Å². The van der Waals surface area contributed by atoms with Crippen molar-refractivity contribution in [3.8, 4) is 0 Å². The van der Waals surface area contributed by atoms with Crippen molar-refractivity contribution in [2.75, 3.05) is 31.1 Å². The lowest BCUT2D eigenvalue weighted by atomic mass is 10.2. The normalized spacial score (nSPS) is 16.7. The van der Waals surface area contributed by atoms with Crippen LogP contribution in [-0.4, -0.2) is 36.1 Å². The number of fused-ring (bicyclic) bond motifs is 1. The first-order valence-corrected chi connectivity index (χ1v) is 8.97. The second kappa shape index (κ2) is 5.75. The highest BCUT2D eigenvalue weighted by Crippen LogP contribution is 2.31. The summed E-state index contributed by atoms with van der Waals surface area (Å²) < 4.78 is 1.39. The maximum atomic E-state index is 4.16. The van der Waals surface area contributed by atoms with Crippen molar-refractivity contribution in [1.29, 1.82) is 0 Å². The third-order valence-corrected chi connectivity index (χ3v) is 5.70. The third kappa shape index (κ3) is 2.69. The molecule has 0 aliphatic carbocycles. The number of rotatable bonds is 3. The summed E-state index contributed by atoms with van der Waals surface area (Å²) in [7, 11) is 0. The zero-order valence-corrected chi connectivity index (χ0v) is 13.4. The summed E-state index contributed by atoms with van der Waals surface area (Å²) in [5.41, 5.74) is 3.31. The lowest BCUT2D eigenvalue weighted by molar-refractivity contribution is 0.252. The average molecular weight is 315 g/mol. The van der Waals surface area contributed by atoms with E-state index >= 15 is 0 Å². The van der Waals surface area contributed by atoms with E-state index in [4.69, 9.17) is 0 Å². The predicted octanol–water partition coefficient (Wildman–Crippen LogP) is 3.68. The van der Waals surface area contributed by atoms with Crippen LogP contribution in [0.2, 0.25) is 0 Å². The van der Waals surface area contributed by atoms with Crippen LogP contribution in [0, 0.1) is 0 Å². The fourth-order valence-electron chi connectivity index (χ4n) is 2.94. The first-order chi connectivity index (χ1) is 10.4. The molecule has 108 valence electrons. The summed E-state index contributed by atoms with van der Waals surface area (Å²) in [6.45, 7) is 5.50. The van der Waals surface area contributed by atoms with Gasteiger partial charge in [0.15, 0.2) is 0 Å². The molecule has 0 unspecified atom stereocenters. The Bertz CT molecular complexity index is 712. The van der Waals surface area contributed by atoms with Gasteiger partial charge in [0.2, 0.25) is 0 Å². The van der Waals surface area contributed by atoms with Gasteiger partial charge in [-0.15, -0.1) is 22.7 Å². The summed E-state index contributed by atoms with van der Waals surface area (Å²) in [5.74, 6) is 0. The molecule has 21 heavy (non-hydrogen) atoms. The molecule has 1 fully saturated rings. The van der Waals surface area contributed by atoms with Gasteiger partial charge in [-0.05, 0) is 23.6 Å². The van der Waals surface area contributed by atoms with Gasteiger partial charge < -0.3 is 4.90 Å². The van der Waals surface area contributed by atoms with E-state index in [0.717, 1.165) is 32.7 Å². The summed E-state index contributed by atoms with van der Waals surface area (Å²) in [4.78, 5) is 10.6. The van der Waals surface area contributed by atoms with Gasteiger partial charge >= 0.3 is 0 Å². The van der Waals surface area contributed by atoms with Crippen molar-refractivity contribution in [2.24, 2.45) is 0 Å². The molecule has 1 aliphatic heterocycles. The van der Waals surface area contributed by atoms with E-state index in [1.807, 2.05) is 23.0 Å². The number of benzene rings is 1. The lowest BCUT2D eigenvalue weighted by Crippen LogP contribution is -2.45. The first kappa shape index (κ1) is 13.2. The highest BCUT2D eigenvalue weighted by Gasteiger charge is 2.19. The van der Waals surface area contributed by atoms with Crippen molar-refractivity contribution in [1.82, 2.24) is 9.88 Å². The van der Waals surface area contributed by atoms with Gasteiger partial charge in [-0.2, -0.15) is 0 Å². The lowest BCUT2D eigenvalue weighted by Gasteiger charge is -2.36. The minimum absolute atomic E-state index is 1.04. The molecule has 5 heteroatoms. The molecule has 1 saturated heterocycles. The molecule has 0 bridgehead atoms. The van der Waals surface area contributed by atoms with E-state index in [0.29, 0.717) is 0 Å². The van der Waals surface area contributed by atoms with E-state index in [-0.39, 0.29) is 0 Å². The number of hydrogen-bond donors (Lipinski definition) is 0. The van der Waals surface area contributed by atoms with Gasteiger partial charge in [0.25, 0.3) is 0 Å². The molecule has 4 rings (SSSR count). The smallest absolute Gasteiger partial charge is 0.0794 e. The maximum absolute atomic E-state index is 4.16. The number of nitrogens with zero attached hydrogens (tertiary/aromatic N) is 3. The molecule has 0 atom stereocenters. The fourth-order valence-corrected chi connectivity index (χ4v) is 4.38. The number of thiophene rings is 1. The SMILES string of the molecule is c1cc(N2CCN(Cc3cncs3)CC2)c2ccsc2c1. The summed E-state index contributed by atoms with van der Waals surface area (Å²) >= 11 is 3.58. The van der Waals surface area contributed by atoms with Gasteiger partial charge in [0.1, 0.15) is 0 Å². The van der Waals surface area contributed by atoms with Crippen LogP contribution in [-0.2, 0) is 6.54 Å². The monoisotopic (exact) mass is 315 g/mol. The molecule has 1 aromatic carbocycles. The number of thiazole rings is 1. The molecule has 0 saturated carbocycles. The van der Waals surface area contributed by atoms with Crippen molar-refractivity contribution < 1.29 is 0 Å². The van der Waals surface area contributed by atoms with Crippen LogP contribution in [0.3, 0.4) is 0 Å². The van der Waals surface area contributed by atoms with E-state index in [1.165, 1.54) is 20.7 Å². The van der Waals surface area contributed by atoms with Gasteiger partial charge in [-0.1, -0.05) is 6.07 Å². The number of piperazine rings is 1. The summed E-state index contributed by atoms with van der Waals surface area (Å²) in [6.07, 6.45) is 1.99. The van der Waals surface area contributed by atoms with Crippen LogP contribution in [0.25, 0.3) is 10.1 Å². The Morgan fingerprint density at radius 1 is 1.05 bits per heavy atom. The van der Waals surface area contributed by atoms with Gasteiger partial charge in [0, 0.05) is 59.6 Å². The van der Waals surface area contributed by atoms with Crippen LogP contribution in [0.4, 0.5) is 5.69 Å². The molecular weight excluding hydrogens is 298 g/mol. The quantitative estimate of drug-likeness (QED) is 0.735. The minimum Gasteiger partial charge on any atom is -0.368 e. The molecule has 3 aromatic rings. The highest BCUT2D eigenvalue weighted by molar-refractivity contribution is 7.17. The van der Waals surface area contributed by atoms with Crippen LogP contribution in [0.5, 0.6) is 0 Å². The van der Waals surface area contributed by atoms with Crippen LogP contribution >= 0.6 is 22.7 Å². The molecule has 0 N–H and O–H groups in total. The molecule has 3 heterocycles. The standard InChI is InChI=1S/C16H17N3S2/c1-2-15(14-4-9-20-16(14)3-1)19-7-5-18(6-8-19)11-13-10-17-12-21-13/h1-4,9-10,12H,5-8,11H2. The highest BCUT2D eigenvalue weighted by atomic mass is 32.1. The average Bonchev–Trinajstić information content (AvgIpc) is 3.18. The van der Waals surface area contributed by atoms with Crippen molar-refractivity contribution in [2.45, 2.75) is 6.54 Å². The van der Waals surface area contributed by atoms with Gasteiger partial charge in [0.05, 0.1) is 5.51 Å². The Morgan fingerprint density at radius 2 is 1.95 bits per heavy atom. The zero-order valence-electron chi connectivity index (χ0n) is 11.7. The molecule has 0 radical (unpaired) electrons. The Morgan fingerprint density at radius 3 is 2.76 bits per heavy atom. The Kier molecular flexibility index (Phi) is 3.63. The van der Waals surface area contributed by atoms with Crippen LogP contribution < -0.4 is 4.90 Å². The first-order valence-electron chi connectivity index (χ1n) is 7.21. The fraction of sp³-hybridized carbons (Fsp3) is 0.312. The molecule has 0 amide bonds. The van der Waals surface area contributed by atoms with E-state index in [2.05, 4.69) is 44.4 Å². The van der Waals surface area contributed by atoms with Crippen molar-refractivity contribution in [3.05, 3.63) is 46.2 Å². The second-order valence-electron chi connectivity index (χ2n) is 5.34. The van der Waals surface area contributed by atoms with E-state index in [1.54, 1.807) is 11.3 Å². The van der Waals surface area contributed by atoms with Crippen molar-refractivity contribution in [3.63, 3.8) is 0 Å². The van der Waals surface area contributed by atoms with Crippen molar-refractivity contribution >= 4 is 38.4 Å². The van der Waals surface area contributed by atoms with Gasteiger partial charge in [-0.3, -0.25) is 9.88 Å². The molecule has 3 nitrogen and oxygen atoms in total. The van der Waals surface area contributed by atoms with E-state index < -0.39 is 0 Å². The Labute approximate surface area is 132 Å². The molecule has 0 spiro atoms. The van der Waals surface area contributed by atoms with Gasteiger partial charge in [-0.25, -0.2) is 0 Å². The molecular formula is C16H17N3S2. The van der Waals surface area contributed by atoms with Crippen LogP contribution in [0.1, 0.15) is 4.88 Å². The predicted molar refractivity (Wildman–Crippen MR) is 91.4 cm³/mol. The zero-order chi connectivity index (χ0) is 14.1. The largest absolute Gasteiger partial charge is 0.368 e. The summed E-state index contributed by atoms with van der Waals surface area (Å²) in [5, 5.41) is 3.59. The minimum atomic E-state index is 1.04. The Balaban J connectivity index is 1.46. The molecule has 2 aromatic heterocycles. The summed E-state index contributed by atoms with van der Waals surface area (Å²) in [6, 6.07) is 8.90. The Hall–Kier alpha value is -1.43. The second-order valence-corrected chi connectivity index (χ2v) is 7.26. The third-order valence-electron chi connectivity index (χ3n) is 4.05. The topological polar surface area (TPSA) is 19.4 Å². The number of aromatic nitrogens is 1. The number of anilines is 1. The molecule has 1 aliphatic rings.